The number of carbonyl (C=O) groups is 1. The fourth-order valence-corrected chi connectivity index (χ4v) is 7.53. The van der Waals surface area contributed by atoms with E-state index in [1.54, 1.807) is 15.7 Å². The molecule has 4 atom stereocenters. The highest BCUT2D eigenvalue weighted by molar-refractivity contribution is 5.56. The molecule has 6 rings (SSSR count). The van der Waals surface area contributed by atoms with Gasteiger partial charge in [0.1, 0.15) is 0 Å². The van der Waals surface area contributed by atoms with Gasteiger partial charge in [0.25, 0.3) is 0 Å². The van der Waals surface area contributed by atoms with Crippen LogP contribution in [0.5, 0.6) is 0 Å². The van der Waals surface area contributed by atoms with E-state index in [-0.39, 0.29) is 17.7 Å². The van der Waals surface area contributed by atoms with E-state index >= 15 is 0 Å². The fourth-order valence-electron chi connectivity index (χ4n) is 7.53. The van der Waals surface area contributed by atoms with Crippen molar-refractivity contribution in [3.05, 3.63) is 40.1 Å². The van der Waals surface area contributed by atoms with E-state index in [0.717, 1.165) is 38.8 Å². The molecule has 4 fully saturated rings. The Hall–Kier alpha value is -2.41. The molecule has 3 unspecified atom stereocenters. The SMILES string of the molecule is CN1CNNC1[C@@H](C1CCC1)C1CCCC(n2cc3c(C(F)(F)F)cc(CN4CCN(C=O)CC4)cn3c2=O)C1. The number of imidazole rings is 1. The van der Waals surface area contributed by atoms with E-state index in [4.69, 9.17) is 0 Å². The number of amides is 1. The molecule has 0 radical (unpaired) electrons. The molecule has 2 aliphatic heterocycles. The molecule has 9 nitrogen and oxygen atoms in total. The Kier molecular flexibility index (Phi) is 7.71. The van der Waals surface area contributed by atoms with Gasteiger partial charge in [-0.2, -0.15) is 13.2 Å². The molecule has 2 aromatic heterocycles. The van der Waals surface area contributed by atoms with Crippen molar-refractivity contribution in [3.8, 4) is 0 Å². The number of hydrogen-bond acceptors (Lipinski definition) is 6. The molecule has 4 aliphatic rings. The molecule has 220 valence electrons. The third-order valence-corrected chi connectivity index (χ3v) is 9.85. The summed E-state index contributed by atoms with van der Waals surface area (Å²) in [6.45, 7) is 3.33. The summed E-state index contributed by atoms with van der Waals surface area (Å²) in [6.07, 6.45) is 6.82. The summed E-state index contributed by atoms with van der Waals surface area (Å²) in [4.78, 5) is 30.7. The van der Waals surface area contributed by atoms with Crippen molar-refractivity contribution < 1.29 is 18.0 Å². The number of nitrogens with zero attached hydrogens (tertiary/aromatic N) is 5. The van der Waals surface area contributed by atoms with Crippen LogP contribution in [0.15, 0.2) is 23.3 Å². The molecule has 40 heavy (non-hydrogen) atoms. The molecule has 0 spiro atoms. The van der Waals surface area contributed by atoms with Gasteiger partial charge in [-0.15, -0.1) is 0 Å². The van der Waals surface area contributed by atoms with Crippen molar-refractivity contribution >= 4 is 11.9 Å². The lowest BCUT2D eigenvalue weighted by Gasteiger charge is -2.46. The van der Waals surface area contributed by atoms with E-state index < -0.39 is 17.4 Å². The summed E-state index contributed by atoms with van der Waals surface area (Å²) in [5.74, 6) is 1.49. The van der Waals surface area contributed by atoms with Gasteiger partial charge in [-0.3, -0.25) is 23.6 Å². The standard InChI is InChI=1S/C28H40F3N7O2/c1-34-17-32-33-26(34)25(20-4-2-5-20)21-6-3-7-22(13-21)37-16-24-23(28(29,30)31)12-19(15-38(24)27(37)40)14-35-8-10-36(18-39)11-9-35/h12,15-16,18,20-22,25-26,32-33H,2-11,13-14,17H2,1H3/t21?,22?,25-,26?/m0/s1. The predicted octanol–water partition coefficient (Wildman–Crippen LogP) is 2.86. The maximum atomic E-state index is 14.3. The molecule has 1 amide bonds. The van der Waals surface area contributed by atoms with Crippen LogP contribution in [0.1, 0.15) is 62.1 Å². The summed E-state index contributed by atoms with van der Waals surface area (Å²) in [5, 5.41) is 0. The van der Waals surface area contributed by atoms with Crippen LogP contribution < -0.4 is 16.5 Å². The molecule has 2 N–H and O–H groups in total. The third kappa shape index (κ3) is 5.31. The lowest BCUT2D eigenvalue weighted by molar-refractivity contribution is -0.136. The lowest BCUT2D eigenvalue weighted by atomic mass is 9.65. The molecule has 12 heteroatoms. The first-order valence-electron chi connectivity index (χ1n) is 14.7. The Labute approximate surface area is 232 Å². The Morgan fingerprint density at radius 1 is 1.05 bits per heavy atom. The third-order valence-electron chi connectivity index (χ3n) is 9.85. The van der Waals surface area contributed by atoms with Crippen LogP contribution in [-0.2, 0) is 17.5 Å². The zero-order chi connectivity index (χ0) is 28.0. The van der Waals surface area contributed by atoms with Crippen molar-refractivity contribution in [2.75, 3.05) is 39.9 Å². The van der Waals surface area contributed by atoms with Crippen molar-refractivity contribution in [2.24, 2.45) is 17.8 Å². The van der Waals surface area contributed by atoms with Gasteiger partial charge in [0.05, 0.1) is 23.9 Å². The van der Waals surface area contributed by atoms with Gasteiger partial charge in [0.15, 0.2) is 0 Å². The molecular formula is C28H40F3N7O2. The number of alkyl halides is 3. The van der Waals surface area contributed by atoms with Gasteiger partial charge < -0.3 is 4.90 Å². The molecule has 2 aliphatic carbocycles. The second-order valence-corrected chi connectivity index (χ2v) is 12.3. The van der Waals surface area contributed by atoms with Crippen LogP contribution in [0.3, 0.4) is 0 Å². The van der Waals surface area contributed by atoms with Crippen LogP contribution in [0.2, 0.25) is 0 Å². The van der Waals surface area contributed by atoms with Gasteiger partial charge >= 0.3 is 11.9 Å². The highest BCUT2D eigenvalue weighted by Crippen LogP contribution is 2.47. The number of halogens is 3. The predicted molar refractivity (Wildman–Crippen MR) is 144 cm³/mol. The number of aromatic nitrogens is 2. The molecule has 4 heterocycles. The van der Waals surface area contributed by atoms with Crippen LogP contribution >= 0.6 is 0 Å². The van der Waals surface area contributed by atoms with Crippen molar-refractivity contribution in [3.63, 3.8) is 0 Å². The van der Waals surface area contributed by atoms with Crippen LogP contribution in [0, 0.1) is 17.8 Å². The van der Waals surface area contributed by atoms with E-state index in [2.05, 4.69) is 22.8 Å². The number of pyridine rings is 1. The average Bonchev–Trinajstić information content (AvgIpc) is 3.48. The Balaban J connectivity index is 1.29. The van der Waals surface area contributed by atoms with E-state index in [1.165, 1.54) is 35.9 Å². The van der Waals surface area contributed by atoms with Gasteiger partial charge in [-0.25, -0.2) is 15.6 Å². The fraction of sp³-hybridized carbons (Fsp3) is 0.714. The van der Waals surface area contributed by atoms with E-state index in [0.29, 0.717) is 56.0 Å². The van der Waals surface area contributed by atoms with Crippen LogP contribution in [0.4, 0.5) is 13.2 Å². The number of fused-ring (bicyclic) bond motifs is 1. The maximum absolute atomic E-state index is 14.3. The highest BCUT2D eigenvalue weighted by atomic mass is 19.4. The second kappa shape index (κ2) is 11.1. The smallest absolute Gasteiger partial charge is 0.343 e. The van der Waals surface area contributed by atoms with Crippen molar-refractivity contribution in [2.45, 2.75) is 69.9 Å². The van der Waals surface area contributed by atoms with Crippen molar-refractivity contribution in [1.82, 2.24) is 34.5 Å². The van der Waals surface area contributed by atoms with Gasteiger partial charge in [-0.1, -0.05) is 25.7 Å². The molecule has 2 saturated heterocycles. The molecule has 2 saturated carbocycles. The highest BCUT2D eigenvalue weighted by Gasteiger charge is 2.44. The van der Waals surface area contributed by atoms with Gasteiger partial charge in [0.2, 0.25) is 6.41 Å². The van der Waals surface area contributed by atoms with Crippen LogP contribution in [0.25, 0.3) is 5.52 Å². The largest absolute Gasteiger partial charge is 0.418 e. The van der Waals surface area contributed by atoms with E-state index in [1.807, 2.05) is 4.90 Å². The minimum absolute atomic E-state index is 0.0777. The number of rotatable bonds is 7. The number of carbonyl (C=O) groups excluding carboxylic acids is 1. The Morgan fingerprint density at radius 3 is 2.40 bits per heavy atom. The van der Waals surface area contributed by atoms with Crippen molar-refractivity contribution in [1.29, 1.82) is 0 Å². The summed E-state index contributed by atoms with van der Waals surface area (Å²) >= 11 is 0. The summed E-state index contributed by atoms with van der Waals surface area (Å²) in [6, 6.07) is 1.07. The minimum atomic E-state index is -4.58. The zero-order valence-electron chi connectivity index (χ0n) is 23.1. The number of hydrazine groups is 1. The first-order chi connectivity index (χ1) is 19.2. The normalized spacial score (nSPS) is 28.2. The monoisotopic (exact) mass is 563 g/mol. The molecule has 2 aromatic rings. The van der Waals surface area contributed by atoms with Gasteiger partial charge in [0, 0.05) is 51.2 Å². The molecule has 0 bridgehead atoms. The van der Waals surface area contributed by atoms with E-state index in [9.17, 15) is 22.8 Å². The number of hydrogen-bond donors (Lipinski definition) is 2. The lowest BCUT2D eigenvalue weighted by Crippen LogP contribution is -2.50. The topological polar surface area (TPSA) is 77.3 Å². The Morgan fingerprint density at radius 2 is 1.77 bits per heavy atom. The minimum Gasteiger partial charge on any atom is -0.343 e. The van der Waals surface area contributed by atoms with Crippen LogP contribution in [-0.4, -0.2) is 76.1 Å². The average molecular weight is 564 g/mol. The van der Waals surface area contributed by atoms with Gasteiger partial charge in [-0.05, 0) is 55.7 Å². The number of nitrogens with one attached hydrogen (secondary N) is 2. The summed E-state index contributed by atoms with van der Waals surface area (Å²) < 4.78 is 45.6. The molecular weight excluding hydrogens is 523 g/mol. The first-order valence-corrected chi connectivity index (χ1v) is 14.7. The maximum Gasteiger partial charge on any atom is 0.418 e. The zero-order valence-corrected chi connectivity index (χ0v) is 23.1. The summed E-state index contributed by atoms with van der Waals surface area (Å²) in [5.41, 5.74) is 5.94. The summed E-state index contributed by atoms with van der Waals surface area (Å²) in [7, 11) is 2.12. The second-order valence-electron chi connectivity index (χ2n) is 12.3. The quantitative estimate of drug-likeness (QED) is 0.505. The number of piperazine rings is 1. The molecule has 0 aromatic carbocycles. The first kappa shape index (κ1) is 27.7. The Bertz CT molecular complexity index is 1270.